The van der Waals surface area contributed by atoms with Gasteiger partial charge in [0.15, 0.2) is 0 Å². The average Bonchev–Trinajstić information content (AvgIpc) is 2.74. The minimum Gasteiger partial charge on any atom is -0.497 e. The number of hydrogen-bond donors (Lipinski definition) is 3. The van der Waals surface area contributed by atoms with Crippen molar-refractivity contribution in [1.82, 2.24) is 10.6 Å². The molecule has 0 fully saturated rings. The molecule has 2 aromatic rings. The highest BCUT2D eigenvalue weighted by Gasteiger charge is 2.19. The number of hydrogen-bond acceptors (Lipinski definition) is 4. The first-order valence-electron chi connectivity index (χ1n) is 9.59. The van der Waals surface area contributed by atoms with Crippen LogP contribution in [0.1, 0.15) is 47.4 Å². The summed E-state index contributed by atoms with van der Waals surface area (Å²) in [5.41, 5.74) is 1.08. The largest absolute Gasteiger partial charge is 0.497 e. The zero-order chi connectivity index (χ0) is 21.2. The van der Waals surface area contributed by atoms with Crippen molar-refractivity contribution in [1.29, 1.82) is 0 Å². The van der Waals surface area contributed by atoms with Crippen LogP contribution in [0.25, 0.3) is 0 Å². The highest BCUT2D eigenvalue weighted by atomic mass is 16.5. The van der Waals surface area contributed by atoms with E-state index in [4.69, 9.17) is 4.74 Å². The van der Waals surface area contributed by atoms with Gasteiger partial charge in [0.25, 0.3) is 11.8 Å². The molecule has 0 aliphatic rings. The number of para-hydroxylation sites is 1. The molecule has 1 unspecified atom stereocenters. The molecule has 29 heavy (non-hydrogen) atoms. The van der Waals surface area contributed by atoms with Crippen LogP contribution in [0.5, 0.6) is 5.75 Å². The summed E-state index contributed by atoms with van der Waals surface area (Å²) in [5, 5.41) is 8.21. The number of amides is 3. The van der Waals surface area contributed by atoms with Gasteiger partial charge in [0, 0.05) is 12.1 Å². The molecule has 0 saturated heterocycles. The van der Waals surface area contributed by atoms with Gasteiger partial charge in [0.2, 0.25) is 5.91 Å². The van der Waals surface area contributed by atoms with Crippen LogP contribution in [-0.2, 0) is 4.79 Å². The van der Waals surface area contributed by atoms with E-state index in [0.717, 1.165) is 12.8 Å². The van der Waals surface area contributed by atoms with E-state index >= 15 is 0 Å². The van der Waals surface area contributed by atoms with Crippen LogP contribution in [-0.4, -0.2) is 37.4 Å². The molecule has 0 aliphatic carbocycles. The molecular weight excluding hydrogens is 370 g/mol. The van der Waals surface area contributed by atoms with Gasteiger partial charge in [0.05, 0.1) is 18.4 Å². The van der Waals surface area contributed by atoms with Gasteiger partial charge in [-0.2, -0.15) is 0 Å². The third-order valence-electron chi connectivity index (χ3n) is 4.34. The van der Waals surface area contributed by atoms with E-state index in [-0.39, 0.29) is 17.4 Å². The van der Waals surface area contributed by atoms with Crippen LogP contribution in [0.2, 0.25) is 0 Å². The maximum Gasteiger partial charge on any atom is 0.255 e. The van der Waals surface area contributed by atoms with Gasteiger partial charge in [-0.25, -0.2) is 0 Å². The zero-order valence-corrected chi connectivity index (χ0v) is 17.0. The normalized spacial score (nSPS) is 11.3. The predicted molar refractivity (Wildman–Crippen MR) is 112 cm³/mol. The van der Waals surface area contributed by atoms with Crippen molar-refractivity contribution in [2.24, 2.45) is 0 Å². The van der Waals surface area contributed by atoms with E-state index in [0.29, 0.717) is 23.5 Å². The monoisotopic (exact) mass is 397 g/mol. The summed E-state index contributed by atoms with van der Waals surface area (Å²) in [6.45, 7) is 4.23. The molecule has 0 saturated carbocycles. The highest BCUT2D eigenvalue weighted by Crippen LogP contribution is 2.18. The maximum atomic E-state index is 12.7. The Morgan fingerprint density at radius 3 is 2.34 bits per heavy atom. The average molecular weight is 397 g/mol. The number of benzene rings is 2. The third kappa shape index (κ3) is 6.34. The topological polar surface area (TPSA) is 96.5 Å². The van der Waals surface area contributed by atoms with Gasteiger partial charge < -0.3 is 20.7 Å². The molecule has 1 atom stereocenters. The lowest BCUT2D eigenvalue weighted by molar-refractivity contribution is -0.122. The second kappa shape index (κ2) is 10.8. The first kappa shape index (κ1) is 21.9. The lowest BCUT2D eigenvalue weighted by atomic mass is 10.1. The lowest BCUT2D eigenvalue weighted by Crippen LogP contribution is -2.45. The van der Waals surface area contributed by atoms with Gasteiger partial charge >= 0.3 is 0 Å². The Hall–Kier alpha value is -3.35. The summed E-state index contributed by atoms with van der Waals surface area (Å²) in [6.07, 6.45) is 1.86. The lowest BCUT2D eigenvalue weighted by Gasteiger charge is -2.16. The van der Waals surface area contributed by atoms with Crippen LogP contribution in [0.4, 0.5) is 5.69 Å². The van der Waals surface area contributed by atoms with E-state index in [1.165, 1.54) is 0 Å². The number of methoxy groups -OCH3 is 1. The van der Waals surface area contributed by atoms with Gasteiger partial charge in [-0.3, -0.25) is 14.4 Å². The maximum absolute atomic E-state index is 12.7. The van der Waals surface area contributed by atoms with Crippen LogP contribution in [0.3, 0.4) is 0 Å². The van der Waals surface area contributed by atoms with Crippen molar-refractivity contribution in [2.45, 2.75) is 32.7 Å². The summed E-state index contributed by atoms with van der Waals surface area (Å²) >= 11 is 0. The Labute approximate surface area is 170 Å². The first-order chi connectivity index (χ1) is 14.0. The molecule has 7 nitrogen and oxygen atoms in total. The Kier molecular flexibility index (Phi) is 8.21. The standard InChI is InChI=1S/C22H27N3O4/c1-4-5-14-23-20(26)15(2)24-22(28)18-8-6-7-9-19(18)25-21(27)16-10-12-17(29-3)13-11-16/h6-13,15H,4-5,14H2,1-3H3,(H,23,26)(H,24,28)(H,25,27). The number of carbonyl (C=O) groups is 3. The predicted octanol–water partition coefficient (Wildman–Crippen LogP) is 2.98. The molecule has 3 N–H and O–H groups in total. The Morgan fingerprint density at radius 2 is 1.69 bits per heavy atom. The van der Waals surface area contributed by atoms with E-state index in [2.05, 4.69) is 16.0 Å². The molecule has 0 heterocycles. The van der Waals surface area contributed by atoms with Crippen LogP contribution in [0, 0.1) is 0 Å². The van der Waals surface area contributed by atoms with Crippen LogP contribution in [0.15, 0.2) is 48.5 Å². The van der Waals surface area contributed by atoms with Crippen molar-refractivity contribution >= 4 is 23.4 Å². The molecule has 3 amide bonds. The molecule has 0 spiro atoms. The Balaban J connectivity index is 2.05. The van der Waals surface area contributed by atoms with E-state index in [1.807, 2.05) is 6.92 Å². The highest BCUT2D eigenvalue weighted by molar-refractivity contribution is 6.09. The number of rotatable bonds is 9. The Bertz CT molecular complexity index is 849. The number of carbonyl (C=O) groups excluding carboxylic acids is 3. The Morgan fingerprint density at radius 1 is 1.00 bits per heavy atom. The molecular formula is C22H27N3O4. The van der Waals surface area contributed by atoms with Crippen LogP contribution >= 0.6 is 0 Å². The number of unbranched alkanes of at least 4 members (excludes halogenated alkanes) is 1. The SMILES string of the molecule is CCCCNC(=O)C(C)NC(=O)c1ccccc1NC(=O)c1ccc(OC)cc1. The molecule has 154 valence electrons. The number of anilines is 1. The van der Waals surface area contributed by atoms with Crippen molar-refractivity contribution in [3.05, 3.63) is 59.7 Å². The third-order valence-corrected chi connectivity index (χ3v) is 4.34. The van der Waals surface area contributed by atoms with E-state index in [9.17, 15) is 14.4 Å². The first-order valence-corrected chi connectivity index (χ1v) is 9.59. The summed E-state index contributed by atoms with van der Waals surface area (Å²) < 4.78 is 5.09. The molecule has 0 aliphatic heterocycles. The van der Waals surface area contributed by atoms with Crippen LogP contribution < -0.4 is 20.7 Å². The number of ether oxygens (including phenoxy) is 1. The zero-order valence-electron chi connectivity index (χ0n) is 17.0. The van der Waals surface area contributed by atoms with Crippen molar-refractivity contribution in [2.75, 3.05) is 19.0 Å². The fourth-order valence-corrected chi connectivity index (χ4v) is 2.61. The van der Waals surface area contributed by atoms with Crippen molar-refractivity contribution in [3.63, 3.8) is 0 Å². The molecule has 0 bridgehead atoms. The summed E-state index contributed by atoms with van der Waals surface area (Å²) in [7, 11) is 1.55. The summed E-state index contributed by atoms with van der Waals surface area (Å²) in [4.78, 5) is 37.2. The quantitative estimate of drug-likeness (QED) is 0.567. The van der Waals surface area contributed by atoms with Gasteiger partial charge in [-0.05, 0) is 49.7 Å². The number of nitrogens with one attached hydrogen (secondary N) is 3. The van der Waals surface area contributed by atoms with E-state index in [1.54, 1.807) is 62.6 Å². The minimum absolute atomic E-state index is 0.244. The second-order valence-electron chi connectivity index (χ2n) is 6.57. The summed E-state index contributed by atoms with van der Waals surface area (Å²) in [5.74, 6) is -0.383. The van der Waals surface area contributed by atoms with Gasteiger partial charge in [0.1, 0.15) is 11.8 Å². The second-order valence-corrected chi connectivity index (χ2v) is 6.57. The molecule has 0 radical (unpaired) electrons. The van der Waals surface area contributed by atoms with E-state index < -0.39 is 11.9 Å². The minimum atomic E-state index is -0.690. The molecule has 0 aromatic heterocycles. The summed E-state index contributed by atoms with van der Waals surface area (Å²) in [6, 6.07) is 12.6. The molecule has 2 rings (SSSR count). The van der Waals surface area contributed by atoms with Gasteiger partial charge in [-0.15, -0.1) is 0 Å². The fourth-order valence-electron chi connectivity index (χ4n) is 2.61. The molecule has 7 heteroatoms. The van der Waals surface area contributed by atoms with Crippen molar-refractivity contribution in [3.8, 4) is 5.75 Å². The van der Waals surface area contributed by atoms with Gasteiger partial charge in [-0.1, -0.05) is 25.5 Å². The molecule has 2 aromatic carbocycles. The fraction of sp³-hybridized carbons (Fsp3) is 0.318. The smallest absolute Gasteiger partial charge is 0.255 e. The van der Waals surface area contributed by atoms with Crippen molar-refractivity contribution < 1.29 is 19.1 Å².